The summed E-state index contributed by atoms with van der Waals surface area (Å²) >= 11 is 3.32. The summed E-state index contributed by atoms with van der Waals surface area (Å²) in [6, 6.07) is 4.69. The molecule has 0 aromatic carbocycles. The summed E-state index contributed by atoms with van der Waals surface area (Å²) in [5.74, 6) is 0. The Morgan fingerprint density at radius 2 is 2.50 bits per heavy atom. The Hall–Kier alpha value is -0.450. The molecule has 0 spiro atoms. The Labute approximate surface area is 92.4 Å². The molecule has 0 aliphatic carbocycles. The van der Waals surface area contributed by atoms with Gasteiger partial charge in [-0.15, -0.1) is 0 Å². The summed E-state index contributed by atoms with van der Waals surface area (Å²) in [5.41, 5.74) is 1.24. The van der Waals surface area contributed by atoms with Gasteiger partial charge in [-0.05, 0) is 40.5 Å². The van der Waals surface area contributed by atoms with Crippen LogP contribution >= 0.6 is 15.9 Å². The minimum absolute atomic E-state index is 0.624. The molecule has 0 radical (unpaired) electrons. The maximum atomic E-state index is 4.19. The molecule has 2 rings (SSSR count). The third kappa shape index (κ3) is 2.77. The molecule has 0 amide bonds. The number of pyridine rings is 1. The van der Waals surface area contributed by atoms with Crippen molar-refractivity contribution in [2.24, 2.45) is 0 Å². The third-order valence-corrected chi connectivity index (χ3v) is 2.91. The smallest absolute Gasteiger partial charge is 0.106 e. The zero-order valence-corrected chi connectivity index (χ0v) is 9.55. The number of rotatable bonds is 3. The summed E-state index contributed by atoms with van der Waals surface area (Å²) < 4.78 is 0.892. The lowest BCUT2D eigenvalue weighted by molar-refractivity contribution is 0.546. The van der Waals surface area contributed by atoms with Gasteiger partial charge in [-0.2, -0.15) is 0 Å². The number of halogens is 1. The average molecular weight is 256 g/mol. The fraction of sp³-hybridized carbons (Fsp3) is 0.500. The predicted molar refractivity (Wildman–Crippen MR) is 60.1 cm³/mol. The minimum atomic E-state index is 0.624. The topological polar surface area (TPSA) is 37.0 Å². The van der Waals surface area contributed by atoms with Crippen molar-refractivity contribution in [2.45, 2.75) is 19.0 Å². The number of hydrogen-bond donors (Lipinski definition) is 2. The second-order valence-electron chi connectivity index (χ2n) is 3.56. The van der Waals surface area contributed by atoms with Crippen molar-refractivity contribution in [3.63, 3.8) is 0 Å². The van der Waals surface area contributed by atoms with Gasteiger partial charge in [0.25, 0.3) is 0 Å². The second kappa shape index (κ2) is 4.87. The molecule has 2 N–H and O–H groups in total. The fourth-order valence-electron chi connectivity index (χ4n) is 1.60. The molecule has 14 heavy (non-hydrogen) atoms. The van der Waals surface area contributed by atoms with Crippen LogP contribution in [0, 0.1) is 0 Å². The van der Waals surface area contributed by atoms with E-state index in [1.807, 2.05) is 12.3 Å². The first-order chi connectivity index (χ1) is 6.84. The van der Waals surface area contributed by atoms with Gasteiger partial charge in [0.05, 0.1) is 0 Å². The van der Waals surface area contributed by atoms with Gasteiger partial charge in [0.2, 0.25) is 0 Å². The van der Waals surface area contributed by atoms with E-state index in [-0.39, 0.29) is 0 Å². The molecule has 1 aromatic rings. The maximum Gasteiger partial charge on any atom is 0.106 e. The van der Waals surface area contributed by atoms with Gasteiger partial charge in [0.15, 0.2) is 0 Å². The Balaban J connectivity index is 1.82. The van der Waals surface area contributed by atoms with Gasteiger partial charge >= 0.3 is 0 Å². The number of nitrogens with zero attached hydrogens (tertiary/aromatic N) is 1. The predicted octanol–water partition coefficient (Wildman–Crippen LogP) is 1.30. The summed E-state index contributed by atoms with van der Waals surface area (Å²) in [6.45, 7) is 3.13. The molecule has 2 heterocycles. The van der Waals surface area contributed by atoms with E-state index in [0.717, 1.165) is 24.2 Å². The monoisotopic (exact) mass is 255 g/mol. The first-order valence-electron chi connectivity index (χ1n) is 4.89. The van der Waals surface area contributed by atoms with E-state index in [1.165, 1.54) is 12.0 Å². The average Bonchev–Trinajstić information content (AvgIpc) is 2.70. The molecule has 1 fully saturated rings. The van der Waals surface area contributed by atoms with Crippen molar-refractivity contribution in [1.82, 2.24) is 15.6 Å². The molecular formula is C10H14BrN3. The van der Waals surface area contributed by atoms with E-state index in [4.69, 9.17) is 0 Å². The Morgan fingerprint density at radius 1 is 1.57 bits per heavy atom. The number of aromatic nitrogens is 1. The highest BCUT2D eigenvalue weighted by Gasteiger charge is 2.12. The molecule has 4 heteroatoms. The van der Waals surface area contributed by atoms with Gasteiger partial charge in [0, 0.05) is 25.3 Å². The molecule has 1 atom stereocenters. The zero-order valence-electron chi connectivity index (χ0n) is 7.96. The molecular weight excluding hydrogens is 242 g/mol. The number of hydrogen-bond acceptors (Lipinski definition) is 3. The summed E-state index contributed by atoms with van der Waals surface area (Å²) in [7, 11) is 0. The highest BCUT2D eigenvalue weighted by Crippen LogP contribution is 2.06. The molecule has 0 saturated carbocycles. The van der Waals surface area contributed by atoms with Gasteiger partial charge in [-0.3, -0.25) is 0 Å². The van der Waals surface area contributed by atoms with E-state index >= 15 is 0 Å². The van der Waals surface area contributed by atoms with E-state index in [2.05, 4.69) is 37.6 Å². The fourth-order valence-corrected chi connectivity index (χ4v) is 1.84. The molecule has 0 bridgehead atoms. The molecule has 0 unspecified atom stereocenters. The van der Waals surface area contributed by atoms with Crippen molar-refractivity contribution in [3.05, 3.63) is 28.5 Å². The lowest BCUT2D eigenvalue weighted by Gasteiger charge is -2.10. The van der Waals surface area contributed by atoms with Crippen molar-refractivity contribution >= 4 is 15.9 Å². The quantitative estimate of drug-likeness (QED) is 0.800. The molecule has 76 valence electrons. The summed E-state index contributed by atoms with van der Waals surface area (Å²) in [5, 5.41) is 6.83. The number of nitrogens with one attached hydrogen (secondary N) is 2. The SMILES string of the molecule is Brc1ccc(CN[C@H]2CCNC2)cn1. The van der Waals surface area contributed by atoms with Crippen molar-refractivity contribution < 1.29 is 0 Å². The largest absolute Gasteiger partial charge is 0.315 e. The van der Waals surface area contributed by atoms with Crippen LogP contribution < -0.4 is 10.6 Å². The van der Waals surface area contributed by atoms with Crippen LogP contribution in [0.4, 0.5) is 0 Å². The van der Waals surface area contributed by atoms with E-state index < -0.39 is 0 Å². The maximum absolute atomic E-state index is 4.19. The molecule has 1 saturated heterocycles. The van der Waals surface area contributed by atoms with Crippen LogP contribution in [0.25, 0.3) is 0 Å². The van der Waals surface area contributed by atoms with Crippen molar-refractivity contribution in [1.29, 1.82) is 0 Å². The van der Waals surface area contributed by atoms with E-state index in [0.29, 0.717) is 6.04 Å². The van der Waals surface area contributed by atoms with Crippen LogP contribution in [0.3, 0.4) is 0 Å². The first kappa shape index (κ1) is 10.1. The normalized spacial score (nSPS) is 21.4. The standard InChI is InChI=1S/C10H14BrN3/c11-10-2-1-8(6-14-10)5-13-9-3-4-12-7-9/h1-2,6,9,12-13H,3-5,7H2/t9-/m0/s1. The Kier molecular flexibility index (Phi) is 3.50. The first-order valence-corrected chi connectivity index (χ1v) is 5.68. The molecule has 3 nitrogen and oxygen atoms in total. The highest BCUT2D eigenvalue weighted by molar-refractivity contribution is 9.10. The van der Waals surface area contributed by atoms with Crippen LogP contribution in [-0.4, -0.2) is 24.1 Å². The van der Waals surface area contributed by atoms with Crippen LogP contribution in [0.2, 0.25) is 0 Å². The third-order valence-electron chi connectivity index (χ3n) is 2.44. The highest BCUT2D eigenvalue weighted by atomic mass is 79.9. The van der Waals surface area contributed by atoms with Crippen molar-refractivity contribution in [3.8, 4) is 0 Å². The van der Waals surface area contributed by atoms with Gasteiger partial charge in [-0.1, -0.05) is 6.07 Å². The summed E-state index contributed by atoms with van der Waals surface area (Å²) in [6.07, 6.45) is 3.13. The Bertz CT molecular complexity index is 280. The lowest BCUT2D eigenvalue weighted by atomic mass is 10.2. The van der Waals surface area contributed by atoms with Gasteiger partial charge in [0.1, 0.15) is 4.60 Å². The van der Waals surface area contributed by atoms with Gasteiger partial charge in [-0.25, -0.2) is 4.98 Å². The van der Waals surface area contributed by atoms with Crippen LogP contribution in [0.1, 0.15) is 12.0 Å². The van der Waals surface area contributed by atoms with E-state index in [1.54, 1.807) is 0 Å². The lowest BCUT2D eigenvalue weighted by Crippen LogP contribution is -2.30. The second-order valence-corrected chi connectivity index (χ2v) is 4.37. The van der Waals surface area contributed by atoms with E-state index in [9.17, 15) is 0 Å². The summed E-state index contributed by atoms with van der Waals surface area (Å²) in [4.78, 5) is 4.19. The molecule has 1 aliphatic rings. The van der Waals surface area contributed by atoms with Crippen molar-refractivity contribution in [2.75, 3.05) is 13.1 Å². The molecule has 1 aromatic heterocycles. The van der Waals surface area contributed by atoms with Crippen LogP contribution in [-0.2, 0) is 6.54 Å². The van der Waals surface area contributed by atoms with Crippen LogP contribution in [0.5, 0.6) is 0 Å². The molecule has 1 aliphatic heterocycles. The minimum Gasteiger partial charge on any atom is -0.315 e. The van der Waals surface area contributed by atoms with Gasteiger partial charge < -0.3 is 10.6 Å². The van der Waals surface area contributed by atoms with Crippen LogP contribution in [0.15, 0.2) is 22.9 Å². The Morgan fingerprint density at radius 3 is 3.14 bits per heavy atom. The zero-order chi connectivity index (χ0) is 9.80.